The first kappa shape index (κ1) is 15.7. The van der Waals surface area contributed by atoms with Gasteiger partial charge in [0.2, 0.25) is 0 Å². The van der Waals surface area contributed by atoms with Crippen LogP contribution in [0.2, 0.25) is 0 Å². The smallest absolute Gasteiger partial charge is 0.260 e. The molecule has 0 aliphatic carbocycles. The molecule has 0 bridgehead atoms. The van der Waals surface area contributed by atoms with Crippen LogP contribution in [0.5, 0.6) is 5.75 Å². The van der Waals surface area contributed by atoms with E-state index >= 15 is 0 Å². The number of carbonyl (C=O) groups is 1. The second-order valence-corrected chi connectivity index (χ2v) is 5.57. The van der Waals surface area contributed by atoms with Gasteiger partial charge < -0.3 is 20.1 Å². The molecule has 2 rings (SSSR count). The molecular weight excluding hydrogens is 288 g/mol. The Labute approximate surface area is 130 Å². The van der Waals surface area contributed by atoms with Gasteiger partial charge >= 0.3 is 0 Å². The van der Waals surface area contributed by atoms with Gasteiger partial charge in [0, 0.05) is 31.7 Å². The molecule has 2 N–H and O–H groups in total. The zero-order valence-corrected chi connectivity index (χ0v) is 12.9. The van der Waals surface area contributed by atoms with Crippen molar-refractivity contribution in [3.05, 3.63) is 29.8 Å². The Morgan fingerprint density at radius 3 is 2.76 bits per heavy atom. The van der Waals surface area contributed by atoms with Gasteiger partial charge in [-0.15, -0.1) is 0 Å². The molecule has 21 heavy (non-hydrogen) atoms. The predicted octanol–water partition coefficient (Wildman–Crippen LogP) is 1.19. The highest BCUT2D eigenvalue weighted by Crippen LogP contribution is 2.17. The van der Waals surface area contributed by atoms with Crippen LogP contribution in [0.3, 0.4) is 0 Å². The van der Waals surface area contributed by atoms with Crippen molar-refractivity contribution in [2.24, 2.45) is 11.7 Å². The monoisotopic (exact) mass is 308 g/mol. The molecule has 1 saturated heterocycles. The van der Waals surface area contributed by atoms with Crippen LogP contribution in [-0.4, -0.2) is 49.2 Å². The number of benzene rings is 1. The Hall–Kier alpha value is -1.66. The summed E-state index contributed by atoms with van der Waals surface area (Å²) in [6.07, 6.45) is 0.988. The van der Waals surface area contributed by atoms with Crippen LogP contribution in [0.25, 0.3) is 0 Å². The number of carbonyl (C=O) groups excluding carboxylic acids is 1. The number of rotatable bonds is 6. The Bertz CT molecular complexity index is 504. The first-order valence-corrected chi connectivity index (χ1v) is 7.30. The highest BCUT2D eigenvalue weighted by Gasteiger charge is 2.26. The van der Waals surface area contributed by atoms with Crippen LogP contribution in [0, 0.1) is 5.92 Å². The largest absolute Gasteiger partial charge is 0.484 e. The summed E-state index contributed by atoms with van der Waals surface area (Å²) in [6, 6.07) is 7.10. The fourth-order valence-corrected chi connectivity index (χ4v) is 2.52. The third kappa shape index (κ3) is 4.41. The molecule has 1 aliphatic heterocycles. The van der Waals surface area contributed by atoms with Crippen molar-refractivity contribution in [3.8, 4) is 5.75 Å². The van der Waals surface area contributed by atoms with Gasteiger partial charge in [-0.2, -0.15) is 0 Å². The number of amides is 1. The average Bonchev–Trinajstić information content (AvgIpc) is 2.94. The van der Waals surface area contributed by atoms with Crippen LogP contribution >= 0.6 is 12.2 Å². The average molecular weight is 308 g/mol. The predicted molar refractivity (Wildman–Crippen MR) is 84.4 cm³/mol. The van der Waals surface area contributed by atoms with E-state index in [1.165, 1.54) is 0 Å². The van der Waals surface area contributed by atoms with E-state index in [-0.39, 0.29) is 12.5 Å². The van der Waals surface area contributed by atoms with Gasteiger partial charge in [0.05, 0.1) is 6.61 Å². The molecule has 1 unspecified atom stereocenters. The maximum atomic E-state index is 12.1. The summed E-state index contributed by atoms with van der Waals surface area (Å²) in [6.45, 7) is 2.27. The van der Waals surface area contributed by atoms with E-state index in [2.05, 4.69) is 0 Å². The first-order chi connectivity index (χ1) is 10.1. The molecule has 1 aromatic rings. The molecule has 1 atom stereocenters. The summed E-state index contributed by atoms with van der Waals surface area (Å²) in [5.41, 5.74) is 6.31. The Kier molecular flexibility index (Phi) is 5.52. The van der Waals surface area contributed by atoms with E-state index in [9.17, 15) is 4.79 Å². The molecule has 1 fully saturated rings. The second kappa shape index (κ2) is 7.38. The lowest BCUT2D eigenvalue weighted by atomic mass is 10.1. The summed E-state index contributed by atoms with van der Waals surface area (Å²) in [5, 5.41) is 0. The zero-order chi connectivity index (χ0) is 15.2. The zero-order valence-electron chi connectivity index (χ0n) is 12.1. The number of hydrogen-bond acceptors (Lipinski definition) is 4. The Morgan fingerprint density at radius 1 is 1.43 bits per heavy atom. The van der Waals surface area contributed by atoms with Crippen LogP contribution in [0.4, 0.5) is 0 Å². The van der Waals surface area contributed by atoms with E-state index < -0.39 is 0 Å². The van der Waals surface area contributed by atoms with Crippen molar-refractivity contribution < 1.29 is 14.3 Å². The maximum absolute atomic E-state index is 12.1. The summed E-state index contributed by atoms with van der Waals surface area (Å²) in [4.78, 5) is 14.2. The van der Waals surface area contributed by atoms with Crippen molar-refractivity contribution in [2.75, 3.05) is 33.4 Å². The van der Waals surface area contributed by atoms with E-state index in [4.69, 9.17) is 27.4 Å². The molecule has 1 heterocycles. The molecule has 0 radical (unpaired) electrons. The number of ether oxygens (including phenoxy) is 2. The van der Waals surface area contributed by atoms with Gasteiger partial charge in [0.25, 0.3) is 5.91 Å². The number of methoxy groups -OCH3 is 1. The van der Waals surface area contributed by atoms with Crippen molar-refractivity contribution in [1.82, 2.24) is 4.90 Å². The van der Waals surface area contributed by atoms with Crippen molar-refractivity contribution in [2.45, 2.75) is 6.42 Å². The highest BCUT2D eigenvalue weighted by molar-refractivity contribution is 7.80. The standard InChI is InChI=1S/C15H20N2O3S/c1-19-9-11-6-7-17(8-11)14(18)10-20-13-4-2-12(3-5-13)15(16)21/h2-5,11H,6-10H2,1H3,(H2,16,21). The maximum Gasteiger partial charge on any atom is 0.260 e. The van der Waals surface area contributed by atoms with Gasteiger partial charge in [-0.1, -0.05) is 12.2 Å². The van der Waals surface area contributed by atoms with Crippen LogP contribution in [0.1, 0.15) is 12.0 Å². The third-order valence-electron chi connectivity index (χ3n) is 3.54. The highest BCUT2D eigenvalue weighted by atomic mass is 32.1. The minimum atomic E-state index is 0.00650. The summed E-state index contributed by atoms with van der Waals surface area (Å²) in [5.74, 6) is 1.08. The van der Waals surface area contributed by atoms with Crippen LogP contribution in [-0.2, 0) is 9.53 Å². The minimum absolute atomic E-state index is 0.00650. The van der Waals surface area contributed by atoms with Crippen LogP contribution in [0.15, 0.2) is 24.3 Å². The van der Waals surface area contributed by atoms with E-state index in [0.717, 1.165) is 25.1 Å². The van der Waals surface area contributed by atoms with Gasteiger partial charge in [-0.05, 0) is 30.7 Å². The molecule has 0 saturated carbocycles. The number of nitrogens with zero attached hydrogens (tertiary/aromatic N) is 1. The summed E-state index contributed by atoms with van der Waals surface area (Å²) in [7, 11) is 1.68. The molecule has 0 spiro atoms. The topological polar surface area (TPSA) is 64.8 Å². The second-order valence-electron chi connectivity index (χ2n) is 5.13. The minimum Gasteiger partial charge on any atom is -0.484 e. The summed E-state index contributed by atoms with van der Waals surface area (Å²) >= 11 is 4.88. The molecular formula is C15H20N2O3S. The molecule has 1 amide bonds. The van der Waals surface area contributed by atoms with E-state index in [0.29, 0.717) is 23.3 Å². The molecule has 6 heteroatoms. The first-order valence-electron chi connectivity index (χ1n) is 6.89. The SMILES string of the molecule is COCC1CCN(C(=O)COc2ccc(C(N)=S)cc2)C1. The molecule has 114 valence electrons. The fraction of sp³-hybridized carbons (Fsp3) is 0.467. The third-order valence-corrected chi connectivity index (χ3v) is 3.78. The fourth-order valence-electron chi connectivity index (χ4n) is 2.38. The number of nitrogens with two attached hydrogens (primary N) is 1. The van der Waals surface area contributed by atoms with E-state index in [1.54, 1.807) is 31.4 Å². The number of likely N-dealkylation sites (tertiary alicyclic amines) is 1. The lowest BCUT2D eigenvalue weighted by Crippen LogP contribution is -2.33. The van der Waals surface area contributed by atoms with Gasteiger partial charge in [0.15, 0.2) is 6.61 Å². The Balaban J connectivity index is 1.80. The number of hydrogen-bond donors (Lipinski definition) is 1. The van der Waals surface area contributed by atoms with E-state index in [1.807, 2.05) is 4.90 Å². The molecule has 1 aromatic carbocycles. The van der Waals surface area contributed by atoms with Gasteiger partial charge in [-0.3, -0.25) is 4.79 Å². The summed E-state index contributed by atoms with van der Waals surface area (Å²) < 4.78 is 10.6. The Morgan fingerprint density at radius 2 is 2.14 bits per heavy atom. The van der Waals surface area contributed by atoms with Crippen molar-refractivity contribution in [3.63, 3.8) is 0 Å². The molecule has 0 aromatic heterocycles. The lowest BCUT2D eigenvalue weighted by Gasteiger charge is -2.16. The molecule has 1 aliphatic rings. The van der Waals surface area contributed by atoms with Crippen molar-refractivity contribution >= 4 is 23.1 Å². The molecule has 5 nitrogen and oxygen atoms in total. The normalized spacial score (nSPS) is 17.8. The number of thiocarbonyl (C=S) groups is 1. The van der Waals surface area contributed by atoms with Gasteiger partial charge in [0.1, 0.15) is 10.7 Å². The van der Waals surface area contributed by atoms with Crippen LogP contribution < -0.4 is 10.5 Å². The quantitative estimate of drug-likeness (QED) is 0.800. The lowest BCUT2D eigenvalue weighted by molar-refractivity contribution is -0.132. The van der Waals surface area contributed by atoms with Crippen molar-refractivity contribution in [1.29, 1.82) is 0 Å². The van der Waals surface area contributed by atoms with Gasteiger partial charge in [-0.25, -0.2) is 0 Å².